The summed E-state index contributed by atoms with van der Waals surface area (Å²) in [5, 5.41) is 50.6. The summed E-state index contributed by atoms with van der Waals surface area (Å²) in [6.07, 6.45) is 0. The molecule has 0 N–H and O–H groups in total. The van der Waals surface area contributed by atoms with Crippen LogP contribution in [0.2, 0.25) is 5.02 Å². The molecule has 0 aliphatic heterocycles. The van der Waals surface area contributed by atoms with Crippen molar-refractivity contribution in [3.63, 3.8) is 0 Å². The standard InChI is InChI=1S/C12H5ClN6O8/c13-6-4-5-9(17(22)23)12(19(26)27)10(6)15-14-7-2-1-3-8(16(20)21)11(7)18(24)25/h1-5H. The maximum Gasteiger partial charge on any atom is 0.374 e. The number of hydrogen-bond donors (Lipinski definition) is 0. The van der Waals surface area contributed by atoms with Crippen molar-refractivity contribution in [3.8, 4) is 0 Å². The third-order valence-electron chi connectivity index (χ3n) is 3.09. The number of hydrogen-bond acceptors (Lipinski definition) is 10. The van der Waals surface area contributed by atoms with Crippen LogP contribution in [0.5, 0.6) is 0 Å². The first-order chi connectivity index (χ1) is 12.6. The van der Waals surface area contributed by atoms with E-state index >= 15 is 0 Å². The van der Waals surface area contributed by atoms with Crippen molar-refractivity contribution in [2.24, 2.45) is 10.2 Å². The van der Waals surface area contributed by atoms with Crippen molar-refractivity contribution in [3.05, 3.63) is 75.8 Å². The van der Waals surface area contributed by atoms with E-state index in [0.29, 0.717) is 0 Å². The second-order valence-electron chi connectivity index (χ2n) is 4.64. The van der Waals surface area contributed by atoms with Crippen LogP contribution in [0.3, 0.4) is 0 Å². The summed E-state index contributed by atoms with van der Waals surface area (Å²) in [6.45, 7) is 0. The average molecular weight is 397 g/mol. The lowest BCUT2D eigenvalue weighted by atomic mass is 10.2. The number of halogens is 1. The Bertz CT molecular complexity index is 1020. The van der Waals surface area contributed by atoms with Crippen LogP contribution < -0.4 is 0 Å². The van der Waals surface area contributed by atoms with E-state index in [1.807, 2.05) is 0 Å². The van der Waals surface area contributed by atoms with E-state index in [1.165, 1.54) is 0 Å². The van der Waals surface area contributed by atoms with Gasteiger partial charge in [0.2, 0.25) is 0 Å². The van der Waals surface area contributed by atoms with Crippen molar-refractivity contribution < 1.29 is 19.7 Å². The summed E-state index contributed by atoms with van der Waals surface area (Å²) in [5.41, 5.74) is -5.20. The highest BCUT2D eigenvalue weighted by atomic mass is 35.5. The van der Waals surface area contributed by atoms with Gasteiger partial charge >= 0.3 is 22.7 Å². The van der Waals surface area contributed by atoms with Crippen LogP contribution in [-0.4, -0.2) is 19.7 Å². The molecule has 27 heavy (non-hydrogen) atoms. The first kappa shape index (κ1) is 19.3. The van der Waals surface area contributed by atoms with Crippen LogP contribution in [0.15, 0.2) is 40.6 Å². The zero-order valence-electron chi connectivity index (χ0n) is 12.7. The van der Waals surface area contributed by atoms with Gasteiger partial charge in [-0.15, -0.1) is 10.2 Å². The average Bonchev–Trinajstić information content (AvgIpc) is 2.59. The minimum atomic E-state index is -1.11. The van der Waals surface area contributed by atoms with E-state index in [1.54, 1.807) is 0 Å². The molecular formula is C12H5ClN6O8. The Hall–Kier alpha value is -4.07. The summed E-state index contributed by atoms with van der Waals surface area (Å²) in [5.74, 6) is 0. The molecule has 2 aromatic carbocycles. The van der Waals surface area contributed by atoms with Crippen molar-refractivity contribution in [2.75, 3.05) is 0 Å². The summed E-state index contributed by atoms with van der Waals surface area (Å²) in [7, 11) is 0. The number of para-hydroxylation sites is 1. The topological polar surface area (TPSA) is 197 Å². The molecule has 0 aromatic heterocycles. The SMILES string of the molecule is O=[N+]([O-])c1cccc(N=Nc2c(Cl)ccc([N+](=O)[O-])c2[N+](=O)[O-])c1[N+](=O)[O-]. The van der Waals surface area contributed by atoms with Crippen LogP contribution in [0, 0.1) is 40.5 Å². The zero-order chi connectivity index (χ0) is 20.3. The van der Waals surface area contributed by atoms with E-state index in [9.17, 15) is 40.5 Å². The Balaban J connectivity index is 2.70. The Morgan fingerprint density at radius 3 is 1.78 bits per heavy atom. The van der Waals surface area contributed by atoms with E-state index in [4.69, 9.17) is 11.6 Å². The minimum Gasteiger partial charge on any atom is -0.258 e. The van der Waals surface area contributed by atoms with Crippen molar-refractivity contribution in [2.45, 2.75) is 0 Å². The third kappa shape index (κ3) is 3.79. The maximum absolute atomic E-state index is 11.2. The molecule has 0 aliphatic rings. The first-order valence-electron chi connectivity index (χ1n) is 6.60. The second-order valence-corrected chi connectivity index (χ2v) is 5.04. The predicted molar refractivity (Wildman–Crippen MR) is 88.7 cm³/mol. The normalized spacial score (nSPS) is 10.7. The van der Waals surface area contributed by atoms with Crippen molar-refractivity contribution >= 4 is 45.7 Å². The first-order valence-corrected chi connectivity index (χ1v) is 6.97. The zero-order valence-corrected chi connectivity index (χ0v) is 13.5. The third-order valence-corrected chi connectivity index (χ3v) is 3.40. The van der Waals surface area contributed by atoms with Gasteiger partial charge in [0.25, 0.3) is 0 Å². The second kappa shape index (κ2) is 7.44. The van der Waals surface area contributed by atoms with Gasteiger partial charge in [-0.1, -0.05) is 17.7 Å². The monoisotopic (exact) mass is 396 g/mol. The van der Waals surface area contributed by atoms with Crippen molar-refractivity contribution in [1.82, 2.24) is 0 Å². The molecule has 0 bridgehead atoms. The van der Waals surface area contributed by atoms with Crippen LogP contribution in [-0.2, 0) is 0 Å². The molecule has 0 fully saturated rings. The Morgan fingerprint density at radius 1 is 0.704 bits per heavy atom. The van der Waals surface area contributed by atoms with Crippen LogP contribution in [0.1, 0.15) is 0 Å². The Morgan fingerprint density at radius 2 is 1.26 bits per heavy atom. The lowest BCUT2D eigenvalue weighted by Crippen LogP contribution is -1.97. The lowest BCUT2D eigenvalue weighted by Gasteiger charge is -2.01. The maximum atomic E-state index is 11.2. The molecule has 0 saturated carbocycles. The van der Waals surface area contributed by atoms with Gasteiger partial charge in [0.05, 0.1) is 24.7 Å². The van der Waals surface area contributed by atoms with Crippen LogP contribution in [0.4, 0.5) is 34.1 Å². The van der Waals surface area contributed by atoms with Crippen molar-refractivity contribution in [1.29, 1.82) is 0 Å². The van der Waals surface area contributed by atoms with Gasteiger partial charge in [-0.05, 0) is 12.1 Å². The Kier molecular flexibility index (Phi) is 5.31. The number of azo groups is 1. The fourth-order valence-electron chi connectivity index (χ4n) is 2.01. The quantitative estimate of drug-likeness (QED) is 0.388. The molecule has 0 atom stereocenters. The van der Waals surface area contributed by atoms with Gasteiger partial charge < -0.3 is 0 Å². The predicted octanol–water partition coefficient (Wildman–Crippen LogP) is 4.39. The molecule has 138 valence electrons. The lowest BCUT2D eigenvalue weighted by molar-refractivity contribution is -0.422. The van der Waals surface area contributed by atoms with E-state index in [2.05, 4.69) is 10.2 Å². The molecule has 0 spiro atoms. The molecule has 0 heterocycles. The van der Waals surface area contributed by atoms with Crippen LogP contribution >= 0.6 is 11.6 Å². The fourth-order valence-corrected chi connectivity index (χ4v) is 2.20. The van der Waals surface area contributed by atoms with Gasteiger partial charge in [0.1, 0.15) is 0 Å². The van der Waals surface area contributed by atoms with Gasteiger partial charge in [0, 0.05) is 12.1 Å². The molecule has 0 saturated heterocycles. The molecule has 0 amide bonds. The van der Waals surface area contributed by atoms with Gasteiger partial charge in [0.15, 0.2) is 11.4 Å². The van der Waals surface area contributed by atoms with Crippen LogP contribution in [0.25, 0.3) is 0 Å². The van der Waals surface area contributed by atoms with E-state index in [-0.39, 0.29) is 5.02 Å². The largest absolute Gasteiger partial charge is 0.374 e. The Labute approximate surface area is 152 Å². The summed E-state index contributed by atoms with van der Waals surface area (Å²) in [6, 6.07) is 4.70. The molecule has 14 nitrogen and oxygen atoms in total. The summed E-state index contributed by atoms with van der Waals surface area (Å²) in [4.78, 5) is 39.9. The molecule has 0 unspecified atom stereocenters. The van der Waals surface area contributed by atoms with Gasteiger partial charge in [-0.3, -0.25) is 40.5 Å². The molecule has 0 aliphatic carbocycles. The molecule has 0 radical (unpaired) electrons. The number of nitro benzene ring substituents is 4. The summed E-state index contributed by atoms with van der Waals surface area (Å²) >= 11 is 5.78. The number of rotatable bonds is 6. The molecular weight excluding hydrogens is 392 g/mol. The fraction of sp³-hybridized carbons (Fsp3) is 0. The van der Waals surface area contributed by atoms with E-state index < -0.39 is 53.8 Å². The summed E-state index contributed by atoms with van der Waals surface area (Å²) < 4.78 is 0. The van der Waals surface area contributed by atoms with E-state index in [0.717, 1.165) is 30.3 Å². The molecule has 2 aromatic rings. The number of benzene rings is 2. The minimum absolute atomic E-state index is 0.385. The molecule has 15 heteroatoms. The highest BCUT2D eigenvalue weighted by molar-refractivity contribution is 6.33. The smallest absolute Gasteiger partial charge is 0.258 e. The van der Waals surface area contributed by atoms with Gasteiger partial charge in [-0.2, -0.15) is 0 Å². The highest BCUT2D eigenvalue weighted by Crippen LogP contribution is 2.43. The number of nitro groups is 4. The molecule has 2 rings (SSSR count). The number of nitrogens with zero attached hydrogens (tertiary/aromatic N) is 6. The van der Waals surface area contributed by atoms with Gasteiger partial charge in [-0.25, -0.2) is 0 Å². The highest BCUT2D eigenvalue weighted by Gasteiger charge is 2.32.